The fourth-order valence-electron chi connectivity index (χ4n) is 0.422. The molecule has 1 radical (unpaired) electrons. The Morgan fingerprint density at radius 2 is 2.57 bits per heavy atom. The van der Waals surface area contributed by atoms with Crippen LogP contribution in [0.3, 0.4) is 0 Å². The van der Waals surface area contributed by atoms with Crippen LogP contribution in [0.25, 0.3) is 0 Å². The van der Waals surface area contributed by atoms with Crippen LogP contribution in [-0.2, 0) is 0 Å². The summed E-state index contributed by atoms with van der Waals surface area (Å²) < 4.78 is 0. The van der Waals surface area contributed by atoms with Crippen LogP contribution in [0.15, 0.2) is 36.7 Å². The molecule has 1 heteroatoms. The summed E-state index contributed by atoms with van der Waals surface area (Å²) in [5.41, 5.74) is 1.08. The minimum absolute atomic E-state index is 1.08. The second kappa shape index (κ2) is 1.65. The summed E-state index contributed by atoms with van der Waals surface area (Å²) in [4.78, 5) is 0. The number of hydrogen-bond donors (Lipinski definition) is 0. The lowest BCUT2D eigenvalue weighted by molar-refractivity contribution is 1.20. The fourth-order valence-corrected chi connectivity index (χ4v) is 0.422. The van der Waals surface area contributed by atoms with Gasteiger partial charge in [-0.05, 0) is 11.6 Å². The zero-order valence-corrected chi connectivity index (χ0v) is 3.96. The van der Waals surface area contributed by atoms with Gasteiger partial charge in [-0.15, -0.1) is 0 Å². The Balaban J connectivity index is 2.69. The first kappa shape index (κ1) is 4.19. The van der Waals surface area contributed by atoms with E-state index >= 15 is 0 Å². The van der Waals surface area contributed by atoms with Crippen molar-refractivity contribution in [3.63, 3.8) is 0 Å². The van der Waals surface area contributed by atoms with Gasteiger partial charge in [-0.1, -0.05) is 12.7 Å². The number of hydrogen-bond acceptors (Lipinski definition) is 0. The molecule has 0 amide bonds. The van der Waals surface area contributed by atoms with Crippen molar-refractivity contribution in [2.24, 2.45) is 0 Å². The largest absolute Gasteiger partial charge is 0.264 e. The van der Waals surface area contributed by atoms with Crippen molar-refractivity contribution in [2.45, 2.75) is 0 Å². The molecule has 0 aromatic rings. The van der Waals surface area contributed by atoms with Crippen molar-refractivity contribution in [3.8, 4) is 0 Å². The molecule has 0 aromatic carbocycles. The van der Waals surface area contributed by atoms with E-state index in [1.807, 2.05) is 6.08 Å². The molecule has 0 N–H and O–H groups in total. The summed E-state index contributed by atoms with van der Waals surface area (Å²) in [5.74, 6) is 0. The summed E-state index contributed by atoms with van der Waals surface area (Å²) in [6.07, 6.45) is 7.20. The molecule has 1 aliphatic rings. The molecule has 1 heterocycles. The molecule has 0 spiro atoms. The molecule has 0 fully saturated rings. The van der Waals surface area contributed by atoms with Crippen molar-refractivity contribution < 1.29 is 0 Å². The summed E-state index contributed by atoms with van der Waals surface area (Å²) in [6.45, 7) is 3.56. The second-order valence-electron chi connectivity index (χ2n) is 1.30. The fraction of sp³-hybridized carbons (Fsp3) is 0. The molecule has 1 nitrogen and oxygen atoms in total. The average molecular weight is 92.1 g/mol. The first-order valence-electron chi connectivity index (χ1n) is 2.12. The molecule has 1 aliphatic heterocycles. The summed E-state index contributed by atoms with van der Waals surface area (Å²) in [5, 5.41) is 3.82. The molecule has 0 aromatic heterocycles. The van der Waals surface area contributed by atoms with Crippen LogP contribution in [0.4, 0.5) is 0 Å². The molecule has 0 unspecified atom stereocenters. The quantitative estimate of drug-likeness (QED) is 0.461. The molecule has 7 heavy (non-hydrogen) atoms. The molecule has 35 valence electrons. The summed E-state index contributed by atoms with van der Waals surface area (Å²) >= 11 is 0. The minimum Gasteiger partial charge on any atom is -0.264 e. The van der Waals surface area contributed by atoms with E-state index < -0.39 is 0 Å². The van der Waals surface area contributed by atoms with Crippen LogP contribution in [0.2, 0.25) is 0 Å². The summed E-state index contributed by atoms with van der Waals surface area (Å²) in [6, 6.07) is 0. The third kappa shape index (κ3) is 0.712. The zero-order chi connectivity index (χ0) is 5.11. The molecule has 0 saturated carbocycles. The predicted molar refractivity (Wildman–Crippen MR) is 29.6 cm³/mol. The lowest BCUT2D eigenvalue weighted by atomic mass is 10.3. The Kier molecular flexibility index (Phi) is 0.984. The van der Waals surface area contributed by atoms with Gasteiger partial charge < -0.3 is 0 Å². The maximum atomic E-state index is 3.82. The normalized spacial score (nSPS) is 15.7. The van der Waals surface area contributed by atoms with Gasteiger partial charge in [0.2, 0.25) is 0 Å². The highest BCUT2D eigenvalue weighted by Crippen LogP contribution is 2.00. The highest BCUT2D eigenvalue weighted by Gasteiger charge is 1.88. The second-order valence-corrected chi connectivity index (χ2v) is 1.30. The van der Waals surface area contributed by atoms with Crippen LogP contribution >= 0.6 is 0 Å². The Labute approximate surface area is 43.0 Å². The molecule has 1 rings (SSSR count). The van der Waals surface area contributed by atoms with Gasteiger partial charge in [-0.3, -0.25) is 5.32 Å². The van der Waals surface area contributed by atoms with Gasteiger partial charge in [0.1, 0.15) is 0 Å². The van der Waals surface area contributed by atoms with E-state index in [4.69, 9.17) is 0 Å². The molecular weight excluding hydrogens is 86.1 g/mol. The Morgan fingerprint density at radius 1 is 1.71 bits per heavy atom. The van der Waals surface area contributed by atoms with Gasteiger partial charge in [-0.25, -0.2) is 0 Å². The van der Waals surface area contributed by atoms with E-state index in [0.29, 0.717) is 0 Å². The first-order chi connectivity index (χ1) is 3.43. The van der Waals surface area contributed by atoms with Gasteiger partial charge in [0.05, 0.1) is 0 Å². The number of allylic oxidation sites excluding steroid dienone is 3. The van der Waals surface area contributed by atoms with Crippen molar-refractivity contribution in [1.82, 2.24) is 5.32 Å². The van der Waals surface area contributed by atoms with E-state index in [9.17, 15) is 0 Å². The highest BCUT2D eigenvalue weighted by molar-refractivity contribution is 5.32. The average Bonchev–Trinajstić information content (AvgIpc) is 2.14. The number of rotatable bonds is 1. The third-order valence-electron chi connectivity index (χ3n) is 0.812. The smallest absolute Gasteiger partial charge is 0.0340 e. The van der Waals surface area contributed by atoms with E-state index in [0.717, 1.165) is 5.57 Å². The molecule has 0 saturated heterocycles. The van der Waals surface area contributed by atoms with Crippen molar-refractivity contribution >= 4 is 0 Å². The maximum absolute atomic E-state index is 3.82. The Hall–Kier alpha value is -0.980. The zero-order valence-electron chi connectivity index (χ0n) is 3.96. The lowest BCUT2D eigenvalue weighted by Gasteiger charge is -1.75. The van der Waals surface area contributed by atoms with Crippen molar-refractivity contribution in [1.29, 1.82) is 0 Å². The van der Waals surface area contributed by atoms with E-state index in [1.54, 1.807) is 18.5 Å². The maximum Gasteiger partial charge on any atom is 0.0340 e. The van der Waals surface area contributed by atoms with Crippen LogP contribution < -0.4 is 5.32 Å². The van der Waals surface area contributed by atoms with Crippen LogP contribution in [0, 0.1) is 0 Å². The molecule has 0 bridgehead atoms. The van der Waals surface area contributed by atoms with Gasteiger partial charge in [0.15, 0.2) is 0 Å². The van der Waals surface area contributed by atoms with Crippen LogP contribution in [-0.4, -0.2) is 0 Å². The van der Waals surface area contributed by atoms with Crippen molar-refractivity contribution in [2.75, 3.05) is 0 Å². The van der Waals surface area contributed by atoms with E-state index in [-0.39, 0.29) is 0 Å². The van der Waals surface area contributed by atoms with E-state index in [2.05, 4.69) is 11.9 Å². The van der Waals surface area contributed by atoms with Crippen LogP contribution in [0.5, 0.6) is 0 Å². The Bertz CT molecular complexity index is 131. The Morgan fingerprint density at radius 3 is 2.86 bits per heavy atom. The highest BCUT2D eigenvalue weighted by atomic mass is 14.8. The monoisotopic (exact) mass is 92.1 g/mol. The van der Waals surface area contributed by atoms with Gasteiger partial charge in [-0.2, -0.15) is 0 Å². The standard InChI is InChI=1S/C6H6N/c1-2-6-3-4-7-5-6/h2-5H,1H2. The third-order valence-corrected chi connectivity index (χ3v) is 0.812. The molecule has 0 atom stereocenters. The molecular formula is C6H6N. The van der Waals surface area contributed by atoms with Crippen molar-refractivity contribution in [3.05, 3.63) is 36.7 Å². The first-order valence-corrected chi connectivity index (χ1v) is 2.12. The minimum atomic E-state index is 1.08. The summed E-state index contributed by atoms with van der Waals surface area (Å²) in [7, 11) is 0. The predicted octanol–water partition coefficient (Wildman–Crippen LogP) is 1.19. The number of nitrogens with zero attached hydrogens (tertiary/aromatic N) is 1. The molecule has 0 aliphatic carbocycles. The SMILES string of the molecule is C=CC1=C[N]C=C1. The topological polar surface area (TPSA) is 14.1 Å². The van der Waals surface area contributed by atoms with E-state index in [1.165, 1.54) is 0 Å². The van der Waals surface area contributed by atoms with Gasteiger partial charge in [0.25, 0.3) is 0 Å². The van der Waals surface area contributed by atoms with Crippen LogP contribution in [0.1, 0.15) is 0 Å². The lowest BCUT2D eigenvalue weighted by Crippen LogP contribution is -1.70. The van der Waals surface area contributed by atoms with Gasteiger partial charge in [0, 0.05) is 12.4 Å². The van der Waals surface area contributed by atoms with Gasteiger partial charge >= 0.3 is 0 Å².